The van der Waals surface area contributed by atoms with E-state index in [1.165, 1.54) is 0 Å². The number of carbonyl (C=O) groups excluding carboxylic acids is 1. The molecule has 5 nitrogen and oxygen atoms in total. The molecule has 1 N–H and O–H groups in total. The summed E-state index contributed by atoms with van der Waals surface area (Å²) in [6, 6.07) is 10.2. The van der Waals surface area contributed by atoms with Crippen LogP contribution in [0.1, 0.15) is 48.1 Å². The Morgan fingerprint density at radius 2 is 1.96 bits per heavy atom. The zero-order valence-corrected chi connectivity index (χ0v) is 16.2. The number of benzene rings is 2. The van der Waals surface area contributed by atoms with Crippen molar-refractivity contribution in [2.75, 3.05) is 0 Å². The van der Waals surface area contributed by atoms with Gasteiger partial charge in [-0.3, -0.25) is 14.2 Å². The third-order valence-electron chi connectivity index (χ3n) is 4.82. The summed E-state index contributed by atoms with van der Waals surface area (Å²) < 4.78 is 1.58. The van der Waals surface area contributed by atoms with Crippen molar-refractivity contribution in [1.82, 2.24) is 14.9 Å². The number of halogens is 1. The van der Waals surface area contributed by atoms with Crippen LogP contribution < -0.4 is 10.9 Å². The Bertz CT molecular complexity index is 1130. The molecule has 0 saturated heterocycles. The Hall–Kier alpha value is -2.66. The highest BCUT2D eigenvalue weighted by atomic mass is 35.5. The van der Waals surface area contributed by atoms with Crippen LogP contribution in [0.5, 0.6) is 0 Å². The van der Waals surface area contributed by atoms with E-state index < -0.39 is 0 Å². The van der Waals surface area contributed by atoms with Gasteiger partial charge < -0.3 is 5.32 Å². The lowest BCUT2D eigenvalue weighted by atomic mass is 10.0. The number of carbonyl (C=O) groups is 1. The quantitative estimate of drug-likeness (QED) is 0.724. The minimum atomic E-state index is -0.349. The van der Waals surface area contributed by atoms with Gasteiger partial charge in [0.05, 0.1) is 28.2 Å². The summed E-state index contributed by atoms with van der Waals surface area (Å²) in [5.41, 5.74) is 2.36. The van der Waals surface area contributed by atoms with Crippen LogP contribution in [-0.2, 0) is 0 Å². The van der Waals surface area contributed by atoms with Crippen LogP contribution in [0.25, 0.3) is 16.6 Å². The first kappa shape index (κ1) is 17.7. The fraction of sp³-hybridized carbons (Fsp3) is 0.286. The van der Waals surface area contributed by atoms with E-state index >= 15 is 0 Å². The van der Waals surface area contributed by atoms with Gasteiger partial charge in [-0.2, -0.15) is 0 Å². The summed E-state index contributed by atoms with van der Waals surface area (Å²) in [4.78, 5) is 31.0. The maximum Gasteiger partial charge on any atom is 0.266 e. The second-order valence-corrected chi connectivity index (χ2v) is 7.88. The van der Waals surface area contributed by atoms with E-state index in [0.717, 1.165) is 5.56 Å². The third kappa shape index (κ3) is 3.02. The second kappa shape index (κ2) is 6.50. The molecule has 0 radical (unpaired) electrons. The fourth-order valence-electron chi connectivity index (χ4n) is 3.60. The van der Waals surface area contributed by atoms with Gasteiger partial charge in [0.25, 0.3) is 11.5 Å². The molecule has 4 rings (SSSR count). The van der Waals surface area contributed by atoms with Crippen LogP contribution in [0, 0.1) is 12.8 Å². The number of hydrogen-bond donors (Lipinski definition) is 1. The molecule has 27 heavy (non-hydrogen) atoms. The van der Waals surface area contributed by atoms with Crippen molar-refractivity contribution >= 4 is 28.4 Å². The van der Waals surface area contributed by atoms with Gasteiger partial charge in [0.15, 0.2) is 0 Å². The second-order valence-electron chi connectivity index (χ2n) is 7.45. The molecule has 0 fully saturated rings. The van der Waals surface area contributed by atoms with Crippen LogP contribution in [0.2, 0.25) is 5.02 Å². The molecule has 6 heteroatoms. The van der Waals surface area contributed by atoms with Gasteiger partial charge >= 0.3 is 0 Å². The fourth-order valence-corrected chi connectivity index (χ4v) is 3.77. The normalized spacial score (nSPS) is 16.0. The Kier molecular flexibility index (Phi) is 4.27. The van der Waals surface area contributed by atoms with Gasteiger partial charge in [0.2, 0.25) is 0 Å². The average molecular weight is 382 g/mol. The smallest absolute Gasteiger partial charge is 0.266 e. The zero-order valence-electron chi connectivity index (χ0n) is 15.4. The molecule has 3 aromatic rings. The summed E-state index contributed by atoms with van der Waals surface area (Å²) in [5, 5.41) is 3.98. The van der Waals surface area contributed by atoms with Crippen molar-refractivity contribution in [1.29, 1.82) is 0 Å². The first-order valence-electron chi connectivity index (χ1n) is 8.99. The van der Waals surface area contributed by atoms with Crippen molar-refractivity contribution in [2.24, 2.45) is 5.92 Å². The van der Waals surface area contributed by atoms with Crippen molar-refractivity contribution in [3.8, 4) is 5.69 Å². The van der Waals surface area contributed by atoms with Gasteiger partial charge in [-0.1, -0.05) is 31.5 Å². The Morgan fingerprint density at radius 3 is 2.70 bits per heavy atom. The summed E-state index contributed by atoms with van der Waals surface area (Å²) >= 11 is 6.11. The maximum atomic E-state index is 13.4. The molecule has 2 heterocycles. The Labute approximate surface area is 162 Å². The van der Waals surface area contributed by atoms with E-state index in [1.807, 2.05) is 19.1 Å². The van der Waals surface area contributed by atoms with E-state index in [1.54, 1.807) is 28.8 Å². The maximum absolute atomic E-state index is 13.4. The summed E-state index contributed by atoms with van der Waals surface area (Å²) in [6.07, 6.45) is 0.685. The predicted molar refractivity (Wildman–Crippen MR) is 107 cm³/mol. The molecule has 1 unspecified atom stereocenters. The zero-order chi connectivity index (χ0) is 19.3. The molecule has 0 aliphatic carbocycles. The highest BCUT2D eigenvalue weighted by Gasteiger charge is 2.30. The predicted octanol–water partition coefficient (Wildman–Crippen LogP) is 4.18. The lowest BCUT2D eigenvalue weighted by Crippen LogP contribution is -2.31. The van der Waals surface area contributed by atoms with Crippen LogP contribution in [0.3, 0.4) is 0 Å². The van der Waals surface area contributed by atoms with E-state index in [2.05, 4.69) is 19.2 Å². The van der Waals surface area contributed by atoms with Gasteiger partial charge in [-0.05, 0) is 55.2 Å². The summed E-state index contributed by atoms with van der Waals surface area (Å²) in [5.74, 6) is 0.688. The Balaban J connectivity index is 2.12. The van der Waals surface area contributed by atoms with Crippen LogP contribution >= 0.6 is 11.6 Å². The van der Waals surface area contributed by atoms with Gasteiger partial charge in [-0.25, -0.2) is 4.98 Å². The monoisotopic (exact) mass is 381 g/mol. The minimum absolute atomic E-state index is 0.192. The van der Waals surface area contributed by atoms with Crippen molar-refractivity contribution in [3.05, 3.63) is 68.7 Å². The van der Waals surface area contributed by atoms with Crippen molar-refractivity contribution in [3.63, 3.8) is 0 Å². The van der Waals surface area contributed by atoms with Crippen molar-refractivity contribution < 1.29 is 4.79 Å². The molecule has 138 valence electrons. The van der Waals surface area contributed by atoms with Gasteiger partial charge in [-0.15, -0.1) is 0 Å². The summed E-state index contributed by atoms with van der Waals surface area (Å²) in [7, 11) is 0. The van der Waals surface area contributed by atoms with E-state index in [4.69, 9.17) is 16.6 Å². The van der Waals surface area contributed by atoms with Crippen LogP contribution in [0.4, 0.5) is 0 Å². The number of aryl methyl sites for hydroxylation is 1. The minimum Gasteiger partial charge on any atom is -0.342 e. The Morgan fingerprint density at radius 1 is 1.19 bits per heavy atom. The molecule has 1 atom stereocenters. The molecule has 0 spiro atoms. The first-order chi connectivity index (χ1) is 12.8. The van der Waals surface area contributed by atoms with E-state index in [0.29, 0.717) is 45.3 Å². The molecule has 1 aliphatic rings. The number of rotatable bonds is 2. The van der Waals surface area contributed by atoms with Gasteiger partial charge in [0.1, 0.15) is 5.82 Å². The number of aromatic nitrogens is 2. The molecule has 1 aliphatic heterocycles. The highest BCUT2D eigenvalue weighted by molar-refractivity contribution is 6.31. The van der Waals surface area contributed by atoms with Gasteiger partial charge in [0, 0.05) is 5.02 Å². The average Bonchev–Trinajstić information content (AvgIpc) is 2.70. The molecule has 0 saturated carbocycles. The topological polar surface area (TPSA) is 64.0 Å². The third-order valence-corrected chi connectivity index (χ3v) is 5.05. The van der Waals surface area contributed by atoms with Crippen molar-refractivity contribution in [2.45, 2.75) is 33.2 Å². The molecule has 1 aromatic heterocycles. The SMILES string of the molecule is Cc1ccc2c(c1)-n1c(nc3ccc(Cl)cc3c1=O)C(CC(C)C)NC2=O. The lowest BCUT2D eigenvalue weighted by molar-refractivity contribution is 0.0933. The number of fused-ring (bicyclic) bond motifs is 4. The number of nitrogens with one attached hydrogen (secondary N) is 1. The molecule has 2 aromatic carbocycles. The molecule has 1 amide bonds. The molecule has 0 bridgehead atoms. The lowest BCUT2D eigenvalue weighted by Gasteiger charge is -2.20. The van der Waals surface area contributed by atoms with E-state index in [9.17, 15) is 9.59 Å². The molecular weight excluding hydrogens is 362 g/mol. The first-order valence-corrected chi connectivity index (χ1v) is 9.37. The molecular formula is C21H20ClN3O2. The van der Waals surface area contributed by atoms with Crippen LogP contribution in [-0.4, -0.2) is 15.5 Å². The highest BCUT2D eigenvalue weighted by Crippen LogP contribution is 2.29. The number of nitrogens with zero attached hydrogens (tertiary/aromatic N) is 2. The van der Waals surface area contributed by atoms with Crippen LogP contribution in [0.15, 0.2) is 41.2 Å². The largest absolute Gasteiger partial charge is 0.342 e. The number of hydrogen-bond acceptors (Lipinski definition) is 3. The standard InChI is InChI=1S/C21H20ClN3O2/c1-11(2)8-17-19-23-16-7-5-13(22)10-15(16)21(27)25(19)18-9-12(3)4-6-14(18)20(26)24-17/h4-7,9-11,17H,8H2,1-3H3,(H,24,26). The number of amides is 1. The summed E-state index contributed by atoms with van der Waals surface area (Å²) in [6.45, 7) is 6.10. The van der Waals surface area contributed by atoms with E-state index in [-0.39, 0.29) is 17.5 Å².